The highest BCUT2D eigenvalue weighted by Gasteiger charge is 2.15. The van der Waals surface area contributed by atoms with Gasteiger partial charge in [-0.2, -0.15) is 4.57 Å². The minimum Gasteiger partial charge on any atom is -0.396 e. The van der Waals surface area contributed by atoms with E-state index in [4.69, 9.17) is 5.11 Å². The van der Waals surface area contributed by atoms with E-state index in [0.29, 0.717) is 0 Å². The molecule has 0 aromatic carbocycles. The largest absolute Gasteiger partial charge is 0.396 e. The Morgan fingerprint density at radius 3 is 2.71 bits per heavy atom. The maximum absolute atomic E-state index is 8.96. The second-order valence-corrected chi connectivity index (χ2v) is 5.89. The molecule has 17 heavy (non-hydrogen) atoms. The van der Waals surface area contributed by atoms with Gasteiger partial charge < -0.3 is 5.11 Å². The molecule has 0 aliphatic heterocycles. The molecule has 0 spiro atoms. The van der Waals surface area contributed by atoms with Crippen molar-refractivity contribution in [1.82, 2.24) is 4.98 Å². The first-order valence-corrected chi connectivity index (χ1v) is 7.44. The Morgan fingerprint density at radius 1 is 1.24 bits per heavy atom. The van der Waals surface area contributed by atoms with Gasteiger partial charge in [-0.3, -0.25) is 0 Å². The molecule has 1 N–H and O–H groups in total. The van der Waals surface area contributed by atoms with Gasteiger partial charge in [0.1, 0.15) is 0 Å². The standard InChI is InChI=1S/C12H17N2OS2/c1-9-11(16-7-13-9)3-5-14-8-17-12(4-6-15)10(14)2/h7-8,15H,3-6H2,1-2H3/q+1. The van der Waals surface area contributed by atoms with E-state index in [1.54, 1.807) is 22.7 Å². The topological polar surface area (TPSA) is 37.0 Å². The van der Waals surface area contributed by atoms with Gasteiger partial charge in [0, 0.05) is 31.2 Å². The van der Waals surface area contributed by atoms with Crippen LogP contribution in [0.25, 0.3) is 0 Å². The van der Waals surface area contributed by atoms with Gasteiger partial charge in [-0.1, -0.05) is 11.3 Å². The van der Waals surface area contributed by atoms with Gasteiger partial charge in [0.25, 0.3) is 0 Å². The SMILES string of the molecule is Cc1ncsc1CC[n+]1csc(CCO)c1C. The van der Waals surface area contributed by atoms with Crippen LogP contribution < -0.4 is 4.57 Å². The molecule has 2 aromatic rings. The first-order valence-electron chi connectivity index (χ1n) is 5.68. The van der Waals surface area contributed by atoms with Gasteiger partial charge in [0.2, 0.25) is 5.51 Å². The molecule has 0 aliphatic carbocycles. The van der Waals surface area contributed by atoms with Gasteiger partial charge in [-0.05, 0) is 6.92 Å². The van der Waals surface area contributed by atoms with Crippen LogP contribution in [0.2, 0.25) is 0 Å². The summed E-state index contributed by atoms with van der Waals surface area (Å²) in [5.41, 5.74) is 6.49. The van der Waals surface area contributed by atoms with E-state index in [-0.39, 0.29) is 6.61 Å². The summed E-state index contributed by atoms with van der Waals surface area (Å²) in [5, 5.41) is 8.96. The fourth-order valence-electron chi connectivity index (χ4n) is 1.80. The summed E-state index contributed by atoms with van der Waals surface area (Å²) in [6.45, 7) is 5.42. The molecule has 5 heteroatoms. The van der Waals surface area contributed by atoms with E-state index >= 15 is 0 Å². The lowest BCUT2D eigenvalue weighted by Gasteiger charge is -1.96. The minimum absolute atomic E-state index is 0.231. The van der Waals surface area contributed by atoms with Crippen LogP contribution in [0.4, 0.5) is 0 Å². The van der Waals surface area contributed by atoms with Gasteiger partial charge >= 0.3 is 0 Å². The van der Waals surface area contributed by atoms with Crippen molar-refractivity contribution in [2.75, 3.05) is 6.61 Å². The Hall–Kier alpha value is -0.780. The van der Waals surface area contributed by atoms with E-state index in [1.807, 2.05) is 5.51 Å². The summed E-state index contributed by atoms with van der Waals surface area (Å²) in [5.74, 6) is 0. The fourth-order valence-corrected chi connectivity index (χ4v) is 3.59. The van der Waals surface area contributed by atoms with Crippen molar-refractivity contribution in [3.8, 4) is 0 Å². The summed E-state index contributed by atoms with van der Waals surface area (Å²) in [4.78, 5) is 6.92. The second kappa shape index (κ2) is 5.71. The number of hydrogen-bond donors (Lipinski definition) is 1. The van der Waals surface area contributed by atoms with Crippen molar-refractivity contribution >= 4 is 22.7 Å². The molecule has 0 atom stereocenters. The van der Waals surface area contributed by atoms with Crippen LogP contribution >= 0.6 is 22.7 Å². The van der Waals surface area contributed by atoms with Crippen molar-refractivity contribution in [3.63, 3.8) is 0 Å². The number of aliphatic hydroxyl groups excluding tert-OH is 1. The smallest absolute Gasteiger partial charge is 0.225 e. The Balaban J connectivity index is 2.02. The third-order valence-electron chi connectivity index (χ3n) is 2.92. The highest BCUT2D eigenvalue weighted by Crippen LogP contribution is 2.14. The number of nitrogens with zero attached hydrogens (tertiary/aromatic N) is 2. The van der Waals surface area contributed by atoms with Gasteiger partial charge in [-0.15, -0.1) is 11.3 Å². The first kappa shape index (κ1) is 12.7. The zero-order chi connectivity index (χ0) is 12.3. The van der Waals surface area contributed by atoms with Crippen LogP contribution in [-0.4, -0.2) is 16.7 Å². The first-order chi connectivity index (χ1) is 8.22. The minimum atomic E-state index is 0.231. The van der Waals surface area contributed by atoms with Crippen LogP contribution in [0.1, 0.15) is 21.1 Å². The number of rotatable bonds is 5. The Kier molecular flexibility index (Phi) is 4.25. The lowest BCUT2D eigenvalue weighted by Crippen LogP contribution is -2.35. The Morgan fingerprint density at radius 2 is 2.06 bits per heavy atom. The normalized spacial score (nSPS) is 11.0. The van der Waals surface area contributed by atoms with Gasteiger partial charge in [0.05, 0.1) is 16.1 Å². The quantitative estimate of drug-likeness (QED) is 0.842. The second-order valence-electron chi connectivity index (χ2n) is 4.01. The zero-order valence-corrected chi connectivity index (χ0v) is 11.8. The van der Waals surface area contributed by atoms with Crippen molar-refractivity contribution < 1.29 is 9.67 Å². The highest BCUT2D eigenvalue weighted by atomic mass is 32.1. The molecular weight excluding hydrogens is 252 g/mol. The summed E-state index contributed by atoms with van der Waals surface area (Å²) in [7, 11) is 0. The van der Waals surface area contributed by atoms with Crippen LogP contribution in [-0.2, 0) is 19.4 Å². The van der Waals surface area contributed by atoms with Crippen molar-refractivity contribution in [2.45, 2.75) is 33.2 Å². The van der Waals surface area contributed by atoms with Crippen LogP contribution in [0.3, 0.4) is 0 Å². The Labute approximate surface area is 109 Å². The Bertz CT molecular complexity index is 490. The predicted molar refractivity (Wildman–Crippen MR) is 70.6 cm³/mol. The number of aryl methyl sites for hydroxylation is 3. The average molecular weight is 269 g/mol. The van der Waals surface area contributed by atoms with Gasteiger partial charge in [0.15, 0.2) is 12.2 Å². The molecule has 0 amide bonds. The maximum Gasteiger partial charge on any atom is 0.225 e. The number of aromatic nitrogens is 2. The number of aliphatic hydroxyl groups is 1. The lowest BCUT2D eigenvalue weighted by atomic mass is 10.2. The summed E-state index contributed by atoms with van der Waals surface area (Å²) >= 11 is 3.46. The molecule has 2 rings (SSSR count). The monoisotopic (exact) mass is 269 g/mol. The molecule has 0 radical (unpaired) electrons. The number of thiazole rings is 2. The third kappa shape index (κ3) is 2.91. The van der Waals surface area contributed by atoms with Crippen LogP contribution in [0, 0.1) is 13.8 Å². The number of hydrogen-bond acceptors (Lipinski definition) is 4. The predicted octanol–water partition coefficient (Wildman–Crippen LogP) is 1.89. The molecule has 2 aromatic heterocycles. The molecule has 3 nitrogen and oxygen atoms in total. The molecule has 92 valence electrons. The molecule has 0 fully saturated rings. The molecule has 0 unspecified atom stereocenters. The van der Waals surface area contributed by atoms with E-state index < -0.39 is 0 Å². The summed E-state index contributed by atoms with van der Waals surface area (Å²) < 4.78 is 2.27. The molecule has 0 saturated heterocycles. The third-order valence-corrected chi connectivity index (χ3v) is 5.06. The van der Waals surface area contributed by atoms with Gasteiger partial charge in [-0.25, -0.2) is 4.98 Å². The molecular formula is C12H17N2OS2+. The molecule has 2 heterocycles. The van der Waals surface area contributed by atoms with E-state index in [1.165, 1.54) is 15.4 Å². The van der Waals surface area contributed by atoms with E-state index in [0.717, 1.165) is 25.1 Å². The average Bonchev–Trinajstić information content (AvgIpc) is 2.86. The summed E-state index contributed by atoms with van der Waals surface area (Å²) in [6, 6.07) is 0. The van der Waals surface area contributed by atoms with Crippen molar-refractivity contribution in [1.29, 1.82) is 0 Å². The fraction of sp³-hybridized carbons (Fsp3) is 0.500. The van der Waals surface area contributed by atoms with E-state index in [9.17, 15) is 0 Å². The molecule has 0 bridgehead atoms. The van der Waals surface area contributed by atoms with Crippen LogP contribution in [0.15, 0.2) is 11.0 Å². The van der Waals surface area contributed by atoms with Crippen molar-refractivity contribution in [3.05, 3.63) is 32.2 Å². The summed E-state index contributed by atoms with van der Waals surface area (Å²) in [6.07, 6.45) is 1.81. The van der Waals surface area contributed by atoms with E-state index in [2.05, 4.69) is 28.9 Å². The lowest BCUT2D eigenvalue weighted by molar-refractivity contribution is -0.697. The molecule has 0 aliphatic rings. The maximum atomic E-state index is 8.96. The zero-order valence-electron chi connectivity index (χ0n) is 10.1. The molecule has 0 saturated carbocycles. The highest BCUT2D eigenvalue weighted by molar-refractivity contribution is 7.09. The van der Waals surface area contributed by atoms with Crippen LogP contribution in [0.5, 0.6) is 0 Å². The van der Waals surface area contributed by atoms with Crippen molar-refractivity contribution in [2.24, 2.45) is 0 Å².